The number of hydrogen-bond acceptors (Lipinski definition) is 3. The lowest BCUT2D eigenvalue weighted by Crippen LogP contribution is -2.25. The smallest absolute Gasteiger partial charge is 0.252 e. The molecule has 1 saturated carbocycles. The lowest BCUT2D eigenvalue weighted by Gasteiger charge is -2.14. The van der Waals surface area contributed by atoms with Crippen LogP contribution in [0.1, 0.15) is 68.1 Å². The van der Waals surface area contributed by atoms with Crippen molar-refractivity contribution in [1.82, 2.24) is 10.3 Å². The third-order valence-electron chi connectivity index (χ3n) is 4.84. The summed E-state index contributed by atoms with van der Waals surface area (Å²) in [4.78, 5) is 16.5. The van der Waals surface area contributed by atoms with Gasteiger partial charge in [-0.15, -0.1) is 0 Å². The van der Waals surface area contributed by atoms with Crippen LogP contribution in [0.15, 0.2) is 30.1 Å². The fourth-order valence-electron chi connectivity index (χ4n) is 3.52. The Morgan fingerprint density at radius 2 is 2.04 bits per heavy atom. The second-order valence-corrected chi connectivity index (χ2v) is 6.70. The number of allylic oxidation sites excluding steroid dienone is 1. The third kappa shape index (κ3) is 4.81. The van der Waals surface area contributed by atoms with Gasteiger partial charge in [-0.3, -0.25) is 9.78 Å². The molecule has 1 aromatic heterocycles. The Bertz CT molecular complexity index is 561. The molecule has 4 heteroatoms. The van der Waals surface area contributed by atoms with E-state index < -0.39 is 0 Å². The van der Waals surface area contributed by atoms with Crippen molar-refractivity contribution in [3.05, 3.63) is 35.7 Å². The maximum absolute atomic E-state index is 12.3. The maximum atomic E-state index is 12.3. The molecule has 0 spiro atoms. The average molecular weight is 313 g/mol. The number of carbonyl (C=O) groups excluding carboxylic acids is 1. The first kappa shape index (κ1) is 16.0. The molecule has 0 saturated heterocycles. The van der Waals surface area contributed by atoms with E-state index in [0.29, 0.717) is 18.2 Å². The second kappa shape index (κ2) is 8.14. The zero-order valence-corrected chi connectivity index (χ0v) is 13.8. The zero-order chi connectivity index (χ0) is 15.9. The summed E-state index contributed by atoms with van der Waals surface area (Å²) in [5.74, 6) is -0.0241. The number of anilines is 1. The van der Waals surface area contributed by atoms with Crippen molar-refractivity contribution in [2.45, 2.75) is 63.8 Å². The topological polar surface area (TPSA) is 54.0 Å². The van der Waals surface area contributed by atoms with Gasteiger partial charge >= 0.3 is 0 Å². The quantitative estimate of drug-likeness (QED) is 0.779. The number of nitrogens with zero attached hydrogens (tertiary/aromatic N) is 1. The van der Waals surface area contributed by atoms with Crippen LogP contribution in [0.4, 0.5) is 5.69 Å². The monoisotopic (exact) mass is 313 g/mol. The van der Waals surface area contributed by atoms with E-state index >= 15 is 0 Å². The van der Waals surface area contributed by atoms with Crippen molar-refractivity contribution >= 4 is 11.6 Å². The fourth-order valence-corrected chi connectivity index (χ4v) is 3.52. The van der Waals surface area contributed by atoms with Gasteiger partial charge in [0, 0.05) is 25.0 Å². The van der Waals surface area contributed by atoms with Crippen LogP contribution < -0.4 is 10.6 Å². The molecule has 124 valence electrons. The number of pyridine rings is 1. The zero-order valence-electron chi connectivity index (χ0n) is 13.8. The van der Waals surface area contributed by atoms with Crippen LogP contribution in [0.5, 0.6) is 0 Å². The van der Waals surface area contributed by atoms with E-state index in [1.807, 2.05) is 12.3 Å². The summed E-state index contributed by atoms with van der Waals surface area (Å²) in [7, 11) is 0. The van der Waals surface area contributed by atoms with Crippen LogP contribution in [0.2, 0.25) is 0 Å². The third-order valence-corrected chi connectivity index (χ3v) is 4.84. The predicted octanol–water partition coefficient (Wildman–Crippen LogP) is 4.06. The van der Waals surface area contributed by atoms with Crippen LogP contribution in [-0.4, -0.2) is 23.5 Å². The molecular weight excluding hydrogens is 286 g/mol. The maximum Gasteiger partial charge on any atom is 0.252 e. The highest BCUT2D eigenvalue weighted by atomic mass is 16.1. The molecule has 0 atom stereocenters. The number of amides is 1. The number of aromatic nitrogens is 1. The molecule has 4 nitrogen and oxygen atoms in total. The summed E-state index contributed by atoms with van der Waals surface area (Å²) < 4.78 is 0. The molecule has 0 aromatic carbocycles. The van der Waals surface area contributed by atoms with Crippen molar-refractivity contribution < 1.29 is 4.79 Å². The largest absolute Gasteiger partial charge is 0.381 e. The molecule has 0 bridgehead atoms. The van der Waals surface area contributed by atoms with E-state index in [1.54, 1.807) is 6.20 Å². The minimum atomic E-state index is -0.0241. The Kier molecular flexibility index (Phi) is 5.67. The van der Waals surface area contributed by atoms with Gasteiger partial charge in [0.2, 0.25) is 0 Å². The molecule has 2 aliphatic carbocycles. The average Bonchev–Trinajstić information content (AvgIpc) is 3.09. The molecule has 1 fully saturated rings. The lowest BCUT2D eigenvalue weighted by atomic mass is 9.97. The molecule has 0 unspecified atom stereocenters. The summed E-state index contributed by atoms with van der Waals surface area (Å²) in [6.45, 7) is 0.713. The number of hydrogen-bond donors (Lipinski definition) is 2. The summed E-state index contributed by atoms with van der Waals surface area (Å²) in [6.07, 6.45) is 16.8. The predicted molar refractivity (Wildman–Crippen MR) is 93.6 cm³/mol. The number of carbonyl (C=O) groups is 1. The Morgan fingerprint density at radius 3 is 2.83 bits per heavy atom. The van der Waals surface area contributed by atoms with Crippen molar-refractivity contribution in [2.75, 3.05) is 11.9 Å². The first-order chi connectivity index (χ1) is 11.3. The van der Waals surface area contributed by atoms with E-state index in [-0.39, 0.29) is 5.91 Å². The molecule has 3 rings (SSSR count). The minimum absolute atomic E-state index is 0.0241. The van der Waals surface area contributed by atoms with Crippen molar-refractivity contribution in [1.29, 1.82) is 0 Å². The van der Waals surface area contributed by atoms with Crippen molar-refractivity contribution in [3.63, 3.8) is 0 Å². The highest BCUT2D eigenvalue weighted by Gasteiger charge is 2.15. The van der Waals surface area contributed by atoms with E-state index in [1.165, 1.54) is 56.9 Å². The SMILES string of the molecule is O=C(NCCC1=CCCCC1)c1cncc(NC2CCCC2)c1. The second-order valence-electron chi connectivity index (χ2n) is 6.70. The number of nitrogens with one attached hydrogen (secondary N) is 2. The summed E-state index contributed by atoms with van der Waals surface area (Å²) in [5, 5.41) is 6.51. The fraction of sp³-hybridized carbons (Fsp3) is 0.579. The molecule has 0 radical (unpaired) electrons. The highest BCUT2D eigenvalue weighted by Crippen LogP contribution is 2.22. The van der Waals surface area contributed by atoms with Crippen LogP contribution >= 0.6 is 0 Å². The molecule has 1 aromatic rings. The summed E-state index contributed by atoms with van der Waals surface area (Å²) in [6, 6.07) is 2.45. The van der Waals surface area contributed by atoms with Gasteiger partial charge in [-0.25, -0.2) is 0 Å². The Morgan fingerprint density at radius 1 is 1.17 bits per heavy atom. The van der Waals surface area contributed by atoms with Gasteiger partial charge in [0.25, 0.3) is 5.91 Å². The van der Waals surface area contributed by atoms with E-state index in [4.69, 9.17) is 0 Å². The normalized spacial score (nSPS) is 18.5. The van der Waals surface area contributed by atoms with Gasteiger partial charge in [0.15, 0.2) is 0 Å². The summed E-state index contributed by atoms with van der Waals surface area (Å²) in [5.41, 5.74) is 3.09. The van der Waals surface area contributed by atoms with Crippen LogP contribution in [0.25, 0.3) is 0 Å². The minimum Gasteiger partial charge on any atom is -0.381 e. The molecule has 1 amide bonds. The van der Waals surface area contributed by atoms with Gasteiger partial charge in [0.1, 0.15) is 0 Å². The first-order valence-electron chi connectivity index (χ1n) is 8.99. The van der Waals surface area contributed by atoms with Crippen molar-refractivity contribution in [3.8, 4) is 0 Å². The summed E-state index contributed by atoms with van der Waals surface area (Å²) >= 11 is 0. The van der Waals surface area contributed by atoms with Crippen LogP contribution in [0, 0.1) is 0 Å². The van der Waals surface area contributed by atoms with Gasteiger partial charge < -0.3 is 10.6 Å². The molecule has 1 heterocycles. The molecular formula is C19H27N3O. The van der Waals surface area contributed by atoms with Gasteiger partial charge in [-0.1, -0.05) is 24.5 Å². The van der Waals surface area contributed by atoms with E-state index in [9.17, 15) is 4.79 Å². The highest BCUT2D eigenvalue weighted by molar-refractivity contribution is 5.94. The Labute approximate surface area is 138 Å². The lowest BCUT2D eigenvalue weighted by molar-refractivity contribution is 0.0953. The van der Waals surface area contributed by atoms with Gasteiger partial charge in [-0.2, -0.15) is 0 Å². The molecule has 23 heavy (non-hydrogen) atoms. The Hall–Kier alpha value is -1.84. The standard InChI is InChI=1S/C19H27N3O/c23-19(21-11-10-15-6-2-1-3-7-15)16-12-18(14-20-13-16)22-17-8-4-5-9-17/h6,12-14,17,22H,1-5,7-11H2,(H,21,23). The Balaban J connectivity index is 1.49. The van der Waals surface area contributed by atoms with Gasteiger partial charge in [-0.05, 0) is 51.0 Å². The molecule has 2 aliphatic rings. The molecule has 0 aliphatic heterocycles. The van der Waals surface area contributed by atoms with Gasteiger partial charge in [0.05, 0.1) is 11.3 Å². The van der Waals surface area contributed by atoms with E-state index in [0.717, 1.165) is 12.1 Å². The van der Waals surface area contributed by atoms with Crippen LogP contribution in [-0.2, 0) is 0 Å². The van der Waals surface area contributed by atoms with Crippen molar-refractivity contribution in [2.24, 2.45) is 0 Å². The first-order valence-corrected chi connectivity index (χ1v) is 8.99. The molecule has 2 N–H and O–H groups in total. The number of rotatable bonds is 6. The van der Waals surface area contributed by atoms with E-state index in [2.05, 4.69) is 21.7 Å². The van der Waals surface area contributed by atoms with Crippen LogP contribution in [0.3, 0.4) is 0 Å².